The van der Waals surface area contributed by atoms with Gasteiger partial charge in [-0.2, -0.15) is 4.98 Å². The molecular weight excluding hydrogens is 811 g/mol. The highest BCUT2D eigenvalue weighted by Crippen LogP contribution is 2.46. The zero-order chi connectivity index (χ0) is 42.7. The van der Waals surface area contributed by atoms with E-state index in [9.17, 15) is 23.6 Å². The Morgan fingerprint density at radius 2 is 1.44 bits per heavy atom. The molecule has 318 valence electrons. The first-order chi connectivity index (χ1) is 30.1. The topological polar surface area (TPSA) is 173 Å². The van der Waals surface area contributed by atoms with E-state index in [1.807, 2.05) is 12.1 Å². The van der Waals surface area contributed by atoms with Gasteiger partial charge in [-0.3, -0.25) is 24.5 Å². The quantitative estimate of drug-likeness (QED) is 0.0688. The van der Waals surface area contributed by atoms with Gasteiger partial charge in [0.25, 0.3) is 11.8 Å². The van der Waals surface area contributed by atoms with Gasteiger partial charge in [0.05, 0.1) is 16.9 Å². The van der Waals surface area contributed by atoms with Gasteiger partial charge < -0.3 is 36.4 Å². The lowest BCUT2D eigenvalue weighted by Gasteiger charge is -2.35. The smallest absolute Gasteiger partial charge is 0.255 e. The molecule has 4 aromatic carbocycles. The zero-order valence-electron chi connectivity index (χ0n) is 33.7. The molecule has 3 unspecified atom stereocenters. The Morgan fingerprint density at radius 3 is 2.11 bits per heavy atom. The largest absolute Gasteiger partial charge is 0.374 e. The number of imide groups is 1. The molecule has 9 rings (SSSR count). The summed E-state index contributed by atoms with van der Waals surface area (Å²) in [6.07, 6.45) is 4.17. The fourth-order valence-electron chi connectivity index (χ4n) is 8.70. The molecule has 1 saturated carbocycles. The number of hydrogen-bond donors (Lipinski definition) is 6. The SMILES string of the molecule is O=C1CCC(Nc2ccc(N3CCC(CN4CC5C(C4)C5NC(=O)c4ccc(Nc5ncc(F)c(Nc6ccc(C(=O)Nc7ccccc7Cl)cc6)n5)cc4)CC3)cc2)C(=O)N1. The van der Waals surface area contributed by atoms with Gasteiger partial charge in [0, 0.05) is 79.1 Å². The highest BCUT2D eigenvalue weighted by molar-refractivity contribution is 6.33. The van der Waals surface area contributed by atoms with Crippen molar-refractivity contribution in [1.82, 2.24) is 25.5 Å². The van der Waals surface area contributed by atoms with Gasteiger partial charge in [0.15, 0.2) is 11.6 Å². The first kappa shape index (κ1) is 40.8. The molecule has 3 atom stereocenters. The number of anilines is 7. The molecule has 1 aliphatic carbocycles. The molecule has 4 heterocycles. The number of fused-ring (bicyclic) bond motifs is 1. The van der Waals surface area contributed by atoms with Crippen LogP contribution in [0.15, 0.2) is 103 Å². The number of carbonyl (C=O) groups excluding carboxylic acids is 4. The van der Waals surface area contributed by atoms with Gasteiger partial charge in [-0.15, -0.1) is 0 Å². The summed E-state index contributed by atoms with van der Waals surface area (Å²) in [6.45, 7) is 5.08. The third-order valence-corrected chi connectivity index (χ3v) is 12.5. The van der Waals surface area contributed by atoms with Crippen LogP contribution in [0.2, 0.25) is 5.02 Å². The first-order valence-electron chi connectivity index (χ1n) is 20.9. The van der Waals surface area contributed by atoms with Crippen LogP contribution in [0.25, 0.3) is 0 Å². The van der Waals surface area contributed by atoms with Crippen molar-refractivity contribution in [2.75, 3.05) is 58.9 Å². The normalized spacial score (nSPS) is 21.1. The highest BCUT2D eigenvalue weighted by atomic mass is 35.5. The summed E-state index contributed by atoms with van der Waals surface area (Å²) in [5.41, 5.74) is 4.65. The number of carbonyl (C=O) groups is 4. The predicted molar refractivity (Wildman–Crippen MR) is 237 cm³/mol. The minimum absolute atomic E-state index is 0.0482. The van der Waals surface area contributed by atoms with E-state index in [2.05, 4.69) is 63.8 Å². The number of likely N-dealkylation sites (tertiary alicyclic amines) is 1. The van der Waals surface area contributed by atoms with E-state index in [0.29, 0.717) is 63.8 Å². The minimum atomic E-state index is -0.652. The number of hydrogen-bond acceptors (Lipinski definition) is 11. The molecular formula is C46H46ClFN10O4. The van der Waals surface area contributed by atoms with E-state index in [4.69, 9.17) is 11.6 Å². The van der Waals surface area contributed by atoms with Gasteiger partial charge in [-0.05, 0) is 122 Å². The molecule has 62 heavy (non-hydrogen) atoms. The summed E-state index contributed by atoms with van der Waals surface area (Å²) in [7, 11) is 0. The van der Waals surface area contributed by atoms with Crippen LogP contribution in [0.3, 0.4) is 0 Å². The number of benzene rings is 4. The number of nitrogens with zero attached hydrogens (tertiary/aromatic N) is 4. The maximum absolute atomic E-state index is 14.7. The summed E-state index contributed by atoms with van der Waals surface area (Å²) in [5, 5.41) is 18.1. The van der Waals surface area contributed by atoms with Crippen molar-refractivity contribution in [2.45, 2.75) is 37.8 Å². The monoisotopic (exact) mass is 856 g/mol. The van der Waals surface area contributed by atoms with Crippen LogP contribution in [-0.4, -0.2) is 83.3 Å². The van der Waals surface area contributed by atoms with E-state index in [1.165, 1.54) is 5.69 Å². The second-order valence-corrected chi connectivity index (χ2v) is 16.8. The van der Waals surface area contributed by atoms with Crippen LogP contribution in [0, 0.1) is 23.6 Å². The standard InChI is InChI=1S/C46H46ClFN10O4/c47-36-3-1-2-4-38(36)53-43(60)28-5-9-31(10-6-28)51-42-37(48)23-49-46(56-42)52-32-11-7-29(8-12-32)44(61)55-41-34-25-57(26-35(34)41)24-27-19-21-58(22-20-27)33-15-13-30(14-16-33)50-39-17-18-40(59)54-45(39)62/h1-16,23,27,34-35,39,41,50H,17-22,24-26H2,(H,53,60)(H,55,61)(H,54,59,62)(H2,49,51,52,56). The van der Waals surface area contributed by atoms with E-state index >= 15 is 0 Å². The fourth-order valence-corrected chi connectivity index (χ4v) is 8.88. The second-order valence-electron chi connectivity index (χ2n) is 16.4. The lowest BCUT2D eigenvalue weighted by molar-refractivity contribution is -0.133. The number of halogens is 2. The van der Waals surface area contributed by atoms with E-state index in [0.717, 1.165) is 57.4 Å². The predicted octanol–water partition coefficient (Wildman–Crippen LogP) is 6.80. The molecule has 4 fully saturated rings. The molecule has 5 aromatic rings. The van der Waals surface area contributed by atoms with Gasteiger partial charge in [0.2, 0.25) is 17.8 Å². The number of amides is 4. The van der Waals surface area contributed by atoms with Crippen LogP contribution in [0.4, 0.5) is 44.6 Å². The van der Waals surface area contributed by atoms with Crippen LogP contribution < -0.4 is 36.8 Å². The summed E-state index contributed by atoms with van der Waals surface area (Å²) in [5.74, 6) is 0.126. The van der Waals surface area contributed by atoms with Crippen molar-refractivity contribution in [2.24, 2.45) is 17.8 Å². The molecule has 4 amide bonds. The van der Waals surface area contributed by atoms with E-state index < -0.39 is 11.9 Å². The van der Waals surface area contributed by atoms with Crippen molar-refractivity contribution in [3.05, 3.63) is 125 Å². The molecule has 3 aliphatic heterocycles. The molecule has 0 spiro atoms. The fraction of sp³-hybridized carbons (Fsp3) is 0.304. The van der Waals surface area contributed by atoms with Crippen molar-refractivity contribution >= 4 is 75.4 Å². The number of nitrogens with one attached hydrogen (secondary N) is 6. The summed E-state index contributed by atoms with van der Waals surface area (Å²) in [6, 6.07) is 28.5. The Bertz CT molecular complexity index is 2450. The molecule has 16 heteroatoms. The molecule has 6 N–H and O–H groups in total. The van der Waals surface area contributed by atoms with Crippen molar-refractivity contribution in [1.29, 1.82) is 0 Å². The second kappa shape index (κ2) is 17.8. The first-order valence-corrected chi connectivity index (χ1v) is 21.3. The minimum Gasteiger partial charge on any atom is -0.374 e. The molecule has 3 saturated heterocycles. The lowest BCUT2D eigenvalue weighted by Crippen LogP contribution is -2.47. The maximum atomic E-state index is 14.7. The average molecular weight is 857 g/mol. The summed E-state index contributed by atoms with van der Waals surface area (Å²) >= 11 is 6.15. The lowest BCUT2D eigenvalue weighted by atomic mass is 9.95. The third kappa shape index (κ3) is 9.48. The zero-order valence-corrected chi connectivity index (χ0v) is 34.5. The van der Waals surface area contributed by atoms with Gasteiger partial charge in [0.1, 0.15) is 6.04 Å². The third-order valence-electron chi connectivity index (χ3n) is 12.2. The number of rotatable bonds is 13. The van der Waals surface area contributed by atoms with Crippen molar-refractivity contribution < 1.29 is 23.6 Å². The average Bonchev–Trinajstić information content (AvgIpc) is 3.71. The molecule has 0 radical (unpaired) electrons. The molecule has 4 aliphatic rings. The highest BCUT2D eigenvalue weighted by Gasteiger charge is 2.56. The van der Waals surface area contributed by atoms with Gasteiger partial charge in [-0.1, -0.05) is 23.7 Å². The Kier molecular flexibility index (Phi) is 11.7. The molecule has 0 bridgehead atoms. The number of para-hydroxylation sites is 1. The van der Waals surface area contributed by atoms with E-state index in [-0.39, 0.29) is 41.4 Å². The van der Waals surface area contributed by atoms with Crippen molar-refractivity contribution in [3.8, 4) is 0 Å². The number of piperidine rings is 3. The van der Waals surface area contributed by atoms with Gasteiger partial charge in [-0.25, -0.2) is 9.37 Å². The Balaban J connectivity index is 0.693. The van der Waals surface area contributed by atoms with Crippen LogP contribution in [0.1, 0.15) is 46.4 Å². The molecule has 1 aromatic heterocycles. The number of aromatic nitrogens is 2. The van der Waals surface area contributed by atoms with Crippen molar-refractivity contribution in [3.63, 3.8) is 0 Å². The summed E-state index contributed by atoms with van der Waals surface area (Å²) < 4.78 is 14.7. The van der Waals surface area contributed by atoms with Crippen LogP contribution >= 0.6 is 11.6 Å². The van der Waals surface area contributed by atoms with Gasteiger partial charge >= 0.3 is 0 Å². The summed E-state index contributed by atoms with van der Waals surface area (Å²) in [4.78, 5) is 62.8. The Labute approximate surface area is 363 Å². The molecule has 14 nitrogen and oxygen atoms in total. The van der Waals surface area contributed by atoms with E-state index in [1.54, 1.807) is 72.8 Å². The van der Waals surface area contributed by atoms with Crippen LogP contribution in [-0.2, 0) is 9.59 Å². The van der Waals surface area contributed by atoms with Crippen LogP contribution in [0.5, 0.6) is 0 Å². The Hall–Kier alpha value is -6.58. The Morgan fingerprint density at radius 1 is 0.790 bits per heavy atom. The maximum Gasteiger partial charge on any atom is 0.255 e.